The van der Waals surface area contributed by atoms with E-state index in [1.807, 2.05) is 12.1 Å². The van der Waals surface area contributed by atoms with Crippen molar-refractivity contribution in [1.82, 2.24) is 14.9 Å². The van der Waals surface area contributed by atoms with E-state index in [9.17, 15) is 18.0 Å². The van der Waals surface area contributed by atoms with Crippen LogP contribution in [0.25, 0.3) is 0 Å². The number of rotatable bonds is 8. The Kier molecular flexibility index (Phi) is 8.11. The molecule has 1 atom stereocenters. The van der Waals surface area contributed by atoms with E-state index in [0.717, 1.165) is 5.56 Å². The van der Waals surface area contributed by atoms with E-state index in [-0.39, 0.29) is 11.4 Å². The Morgan fingerprint density at radius 1 is 1.06 bits per heavy atom. The van der Waals surface area contributed by atoms with Gasteiger partial charge in [-0.15, -0.1) is 0 Å². The second-order valence-electron chi connectivity index (χ2n) is 7.43. The number of hydrogen-bond donors (Lipinski definition) is 2. The lowest BCUT2D eigenvalue weighted by Gasteiger charge is -2.24. The lowest BCUT2D eigenvalue weighted by molar-refractivity contribution is -0.139. The Morgan fingerprint density at radius 2 is 1.72 bits per heavy atom. The number of halogens is 1. The molecule has 0 bridgehead atoms. The highest BCUT2D eigenvalue weighted by atomic mass is 35.5. The Balaban J connectivity index is 1.50. The topological polar surface area (TPSA) is 105 Å². The largest absolute Gasteiger partial charge is 0.497 e. The van der Waals surface area contributed by atoms with Crippen molar-refractivity contribution in [2.75, 3.05) is 26.7 Å². The molecule has 0 saturated carbocycles. The summed E-state index contributed by atoms with van der Waals surface area (Å²) >= 11 is 5.84. The average molecular weight is 480 g/mol. The predicted molar refractivity (Wildman–Crippen MR) is 121 cm³/mol. The maximum absolute atomic E-state index is 13.0. The van der Waals surface area contributed by atoms with Crippen molar-refractivity contribution in [3.63, 3.8) is 0 Å². The molecule has 0 aromatic heterocycles. The van der Waals surface area contributed by atoms with Gasteiger partial charge in [0, 0.05) is 30.7 Å². The monoisotopic (exact) mass is 479 g/mol. The van der Waals surface area contributed by atoms with E-state index in [2.05, 4.69) is 10.6 Å². The minimum atomic E-state index is -3.71. The molecule has 3 rings (SSSR count). The van der Waals surface area contributed by atoms with Gasteiger partial charge in [-0.3, -0.25) is 9.59 Å². The first kappa shape index (κ1) is 24.0. The third kappa shape index (κ3) is 5.99. The van der Waals surface area contributed by atoms with Crippen LogP contribution < -0.4 is 15.4 Å². The van der Waals surface area contributed by atoms with Gasteiger partial charge >= 0.3 is 11.8 Å². The highest BCUT2D eigenvalue weighted by molar-refractivity contribution is 7.89. The molecule has 10 heteroatoms. The molecule has 2 aromatic carbocycles. The van der Waals surface area contributed by atoms with Gasteiger partial charge in [-0.25, -0.2) is 8.42 Å². The van der Waals surface area contributed by atoms with Crippen LogP contribution >= 0.6 is 11.6 Å². The smallest absolute Gasteiger partial charge is 0.309 e. The lowest BCUT2D eigenvalue weighted by atomic mass is 10.1. The molecule has 1 saturated heterocycles. The van der Waals surface area contributed by atoms with Crippen LogP contribution in [0.3, 0.4) is 0 Å². The first-order chi connectivity index (χ1) is 15.3. The summed E-state index contributed by atoms with van der Waals surface area (Å²) in [6, 6.07) is 13.0. The number of hydrogen-bond acceptors (Lipinski definition) is 5. The molecule has 1 aliphatic rings. The van der Waals surface area contributed by atoms with Crippen LogP contribution in [0.1, 0.15) is 18.4 Å². The lowest BCUT2D eigenvalue weighted by Crippen LogP contribution is -2.47. The first-order valence-electron chi connectivity index (χ1n) is 10.3. The summed E-state index contributed by atoms with van der Waals surface area (Å²) < 4.78 is 32.5. The van der Waals surface area contributed by atoms with E-state index in [1.54, 1.807) is 24.3 Å². The number of ether oxygens (including phenoxy) is 1. The molecule has 2 amide bonds. The Labute approximate surface area is 192 Å². The van der Waals surface area contributed by atoms with Gasteiger partial charge in [-0.05, 0) is 61.2 Å². The Morgan fingerprint density at radius 3 is 2.38 bits per heavy atom. The Bertz CT molecular complexity index is 1040. The first-order valence-corrected chi connectivity index (χ1v) is 12.1. The van der Waals surface area contributed by atoms with Crippen LogP contribution in [0.15, 0.2) is 53.4 Å². The van der Waals surface area contributed by atoms with Crippen LogP contribution in [-0.2, 0) is 26.0 Å². The fraction of sp³-hybridized carbons (Fsp3) is 0.364. The summed E-state index contributed by atoms with van der Waals surface area (Å²) in [7, 11) is -2.20. The van der Waals surface area contributed by atoms with Crippen molar-refractivity contribution in [3.05, 3.63) is 59.1 Å². The maximum Gasteiger partial charge on any atom is 0.309 e. The molecule has 0 aliphatic carbocycles. The molecule has 1 aliphatic heterocycles. The van der Waals surface area contributed by atoms with Gasteiger partial charge < -0.3 is 15.4 Å². The number of amides is 2. The van der Waals surface area contributed by atoms with Crippen molar-refractivity contribution in [2.24, 2.45) is 0 Å². The summed E-state index contributed by atoms with van der Waals surface area (Å²) in [4.78, 5) is 24.4. The van der Waals surface area contributed by atoms with Crippen molar-refractivity contribution < 1.29 is 22.7 Å². The van der Waals surface area contributed by atoms with Crippen LogP contribution in [-0.4, -0.2) is 57.3 Å². The minimum absolute atomic E-state index is 0.0683. The number of methoxy groups -OCH3 is 1. The normalized spacial score (nSPS) is 16.5. The van der Waals surface area contributed by atoms with E-state index >= 15 is 0 Å². The SMILES string of the molecule is COc1ccc(S(=O)(=O)N2CCC[C@H]2CNC(=O)C(=O)NCCc2ccc(Cl)cc2)cc1. The van der Waals surface area contributed by atoms with E-state index < -0.39 is 27.9 Å². The van der Waals surface area contributed by atoms with Crippen molar-refractivity contribution in [3.8, 4) is 5.75 Å². The number of sulfonamides is 1. The second-order valence-corrected chi connectivity index (χ2v) is 9.76. The summed E-state index contributed by atoms with van der Waals surface area (Å²) in [6.45, 7) is 0.732. The molecule has 0 radical (unpaired) electrons. The molecule has 0 spiro atoms. The van der Waals surface area contributed by atoms with E-state index in [0.29, 0.717) is 43.1 Å². The molecule has 32 heavy (non-hydrogen) atoms. The number of carbonyl (C=O) groups excluding carboxylic acids is 2. The zero-order valence-corrected chi connectivity index (χ0v) is 19.3. The van der Waals surface area contributed by atoms with Gasteiger partial charge in [-0.1, -0.05) is 23.7 Å². The van der Waals surface area contributed by atoms with Crippen molar-refractivity contribution in [1.29, 1.82) is 0 Å². The van der Waals surface area contributed by atoms with Gasteiger partial charge in [-0.2, -0.15) is 4.31 Å². The standard InChI is InChI=1S/C22H26ClN3O5S/c1-31-19-8-10-20(11-9-19)32(29,30)26-14-2-3-18(26)15-25-22(28)21(27)24-13-12-16-4-6-17(23)7-5-16/h4-11,18H,2-3,12-15H2,1H3,(H,24,27)(H,25,28)/t18-/m0/s1. The average Bonchev–Trinajstić information content (AvgIpc) is 3.28. The van der Waals surface area contributed by atoms with E-state index in [1.165, 1.54) is 23.5 Å². The summed E-state index contributed by atoms with van der Waals surface area (Å²) in [5.41, 5.74) is 0.987. The molecule has 1 fully saturated rings. The minimum Gasteiger partial charge on any atom is -0.497 e. The number of carbonyl (C=O) groups is 2. The molecule has 0 unspecified atom stereocenters. The van der Waals surface area contributed by atoms with Crippen LogP contribution in [0.5, 0.6) is 5.75 Å². The Hall–Kier alpha value is -2.62. The fourth-order valence-corrected chi connectivity index (χ4v) is 5.37. The van der Waals surface area contributed by atoms with Gasteiger partial charge in [0.2, 0.25) is 10.0 Å². The second kappa shape index (κ2) is 10.8. The molecular formula is C22H26ClN3O5S. The third-order valence-corrected chi connectivity index (χ3v) is 7.52. The van der Waals surface area contributed by atoms with Crippen LogP contribution in [0.2, 0.25) is 5.02 Å². The molecule has 1 heterocycles. The highest BCUT2D eigenvalue weighted by Gasteiger charge is 2.35. The summed E-state index contributed by atoms with van der Waals surface area (Å²) in [5, 5.41) is 5.76. The maximum atomic E-state index is 13.0. The van der Waals surface area contributed by atoms with Gasteiger partial charge in [0.15, 0.2) is 0 Å². The molecule has 2 N–H and O–H groups in total. The zero-order chi connectivity index (χ0) is 23.1. The fourth-order valence-electron chi connectivity index (χ4n) is 3.56. The predicted octanol–water partition coefficient (Wildman–Crippen LogP) is 1.98. The molecule has 2 aromatic rings. The zero-order valence-electron chi connectivity index (χ0n) is 17.7. The number of benzene rings is 2. The van der Waals surface area contributed by atoms with Crippen LogP contribution in [0, 0.1) is 0 Å². The van der Waals surface area contributed by atoms with Crippen LogP contribution in [0.4, 0.5) is 0 Å². The molecule has 8 nitrogen and oxygen atoms in total. The van der Waals surface area contributed by atoms with Gasteiger partial charge in [0.05, 0.1) is 12.0 Å². The number of nitrogens with one attached hydrogen (secondary N) is 2. The molecular weight excluding hydrogens is 454 g/mol. The third-order valence-electron chi connectivity index (χ3n) is 5.31. The van der Waals surface area contributed by atoms with Crippen molar-refractivity contribution in [2.45, 2.75) is 30.2 Å². The van der Waals surface area contributed by atoms with E-state index in [4.69, 9.17) is 16.3 Å². The highest BCUT2D eigenvalue weighted by Crippen LogP contribution is 2.26. The number of nitrogens with zero attached hydrogens (tertiary/aromatic N) is 1. The van der Waals surface area contributed by atoms with Gasteiger partial charge in [0.1, 0.15) is 5.75 Å². The molecule has 172 valence electrons. The summed E-state index contributed by atoms with van der Waals surface area (Å²) in [6.07, 6.45) is 1.85. The quantitative estimate of drug-likeness (QED) is 0.563. The van der Waals surface area contributed by atoms with Crippen molar-refractivity contribution >= 4 is 33.4 Å². The summed E-state index contributed by atoms with van der Waals surface area (Å²) in [5.74, 6) is -0.965. The van der Waals surface area contributed by atoms with Gasteiger partial charge in [0.25, 0.3) is 0 Å².